The van der Waals surface area contributed by atoms with Crippen LogP contribution in [0.15, 0.2) is 78.9 Å². The average Bonchev–Trinajstić information content (AvgIpc) is 2.99. The Labute approximate surface area is 240 Å². The SMILES string of the molecule is COc1ccc(CN(C(=O)COc2ccccc2Cl)[C@@H](Cc2ccccc2)C(=O)NCCN2CCOCC2)cc1. The molecular formula is C31H36ClN3O5. The van der Waals surface area contributed by atoms with Crippen molar-refractivity contribution in [3.05, 3.63) is 95.0 Å². The monoisotopic (exact) mass is 565 g/mol. The van der Waals surface area contributed by atoms with Crippen molar-refractivity contribution >= 4 is 23.4 Å². The summed E-state index contributed by atoms with van der Waals surface area (Å²) in [5.74, 6) is 0.596. The predicted molar refractivity (Wildman–Crippen MR) is 155 cm³/mol. The number of benzene rings is 3. The molecule has 40 heavy (non-hydrogen) atoms. The molecule has 0 aliphatic carbocycles. The van der Waals surface area contributed by atoms with Crippen LogP contribution in [0.25, 0.3) is 0 Å². The number of methoxy groups -OCH3 is 1. The zero-order chi connectivity index (χ0) is 28.2. The van der Waals surface area contributed by atoms with E-state index in [1.54, 1.807) is 36.3 Å². The zero-order valence-corrected chi connectivity index (χ0v) is 23.5. The average molecular weight is 566 g/mol. The van der Waals surface area contributed by atoms with Crippen LogP contribution < -0.4 is 14.8 Å². The lowest BCUT2D eigenvalue weighted by Gasteiger charge is -2.32. The van der Waals surface area contributed by atoms with Crippen LogP contribution in [0.3, 0.4) is 0 Å². The van der Waals surface area contributed by atoms with Gasteiger partial charge in [0.25, 0.3) is 5.91 Å². The summed E-state index contributed by atoms with van der Waals surface area (Å²) >= 11 is 6.25. The van der Waals surface area contributed by atoms with Gasteiger partial charge in [-0.3, -0.25) is 14.5 Å². The fraction of sp³-hybridized carbons (Fsp3) is 0.355. The van der Waals surface area contributed by atoms with Crippen molar-refractivity contribution in [2.24, 2.45) is 0 Å². The lowest BCUT2D eigenvalue weighted by Crippen LogP contribution is -2.52. The second kappa shape index (κ2) is 15.3. The van der Waals surface area contributed by atoms with Gasteiger partial charge in [0.05, 0.1) is 25.3 Å². The lowest BCUT2D eigenvalue weighted by molar-refractivity contribution is -0.142. The minimum atomic E-state index is -0.753. The summed E-state index contributed by atoms with van der Waals surface area (Å²) in [7, 11) is 1.61. The number of halogens is 1. The van der Waals surface area contributed by atoms with Gasteiger partial charge in [-0.25, -0.2) is 0 Å². The molecule has 1 saturated heterocycles. The highest BCUT2D eigenvalue weighted by atomic mass is 35.5. The Morgan fingerprint density at radius 1 is 0.975 bits per heavy atom. The molecule has 1 aliphatic rings. The Bertz CT molecular complexity index is 1220. The maximum atomic E-state index is 13.7. The van der Waals surface area contributed by atoms with Crippen molar-refractivity contribution in [1.82, 2.24) is 15.1 Å². The molecule has 4 rings (SSSR count). The van der Waals surface area contributed by atoms with Crippen LogP contribution in [-0.2, 0) is 27.3 Å². The lowest BCUT2D eigenvalue weighted by atomic mass is 10.0. The standard InChI is InChI=1S/C31H36ClN3O5/c1-38-26-13-11-25(12-14-26)22-35(30(36)23-40-29-10-6-5-9-27(29)32)28(21-24-7-3-2-4-8-24)31(37)33-15-16-34-17-19-39-20-18-34/h2-14,28H,15-23H2,1H3,(H,33,37)/t28-/m0/s1. The predicted octanol–water partition coefficient (Wildman–Crippen LogP) is 3.82. The van der Waals surface area contributed by atoms with Crippen molar-refractivity contribution in [3.63, 3.8) is 0 Å². The zero-order valence-electron chi connectivity index (χ0n) is 22.8. The van der Waals surface area contributed by atoms with E-state index < -0.39 is 6.04 Å². The number of rotatable bonds is 13. The highest BCUT2D eigenvalue weighted by Gasteiger charge is 2.31. The molecule has 0 aromatic heterocycles. The number of hydrogen-bond donors (Lipinski definition) is 1. The summed E-state index contributed by atoms with van der Waals surface area (Å²) in [6, 6.07) is 23.4. The summed E-state index contributed by atoms with van der Waals surface area (Å²) in [5, 5.41) is 3.49. The third-order valence-electron chi connectivity index (χ3n) is 6.80. The normalized spacial score (nSPS) is 14.2. The van der Waals surface area contributed by atoms with Crippen LogP contribution in [0.1, 0.15) is 11.1 Å². The van der Waals surface area contributed by atoms with Crippen LogP contribution in [-0.4, -0.2) is 80.8 Å². The van der Waals surface area contributed by atoms with Crippen LogP contribution >= 0.6 is 11.6 Å². The van der Waals surface area contributed by atoms with E-state index in [0.717, 1.165) is 30.8 Å². The van der Waals surface area contributed by atoms with Crippen LogP contribution in [0.4, 0.5) is 0 Å². The first kappa shape index (κ1) is 29.4. The molecule has 2 amide bonds. The molecule has 1 fully saturated rings. The fourth-order valence-corrected chi connectivity index (χ4v) is 4.74. The van der Waals surface area contributed by atoms with Crippen molar-refractivity contribution in [1.29, 1.82) is 0 Å². The molecule has 1 aliphatic heterocycles. The summed E-state index contributed by atoms with van der Waals surface area (Å²) < 4.78 is 16.5. The fourth-order valence-electron chi connectivity index (χ4n) is 4.55. The van der Waals surface area contributed by atoms with E-state index in [1.165, 1.54) is 0 Å². The smallest absolute Gasteiger partial charge is 0.261 e. The van der Waals surface area contributed by atoms with Gasteiger partial charge in [0, 0.05) is 39.1 Å². The molecule has 0 saturated carbocycles. The first-order valence-corrected chi connectivity index (χ1v) is 13.8. The second-order valence-corrected chi connectivity index (χ2v) is 9.95. The van der Waals surface area contributed by atoms with Gasteiger partial charge in [-0.05, 0) is 35.4 Å². The van der Waals surface area contributed by atoms with Gasteiger partial charge in [-0.15, -0.1) is 0 Å². The van der Waals surface area contributed by atoms with Gasteiger partial charge < -0.3 is 24.4 Å². The molecule has 0 radical (unpaired) electrons. The number of carbonyl (C=O) groups excluding carboxylic acids is 2. The number of carbonyl (C=O) groups is 2. The molecule has 1 N–H and O–H groups in total. The number of hydrogen-bond acceptors (Lipinski definition) is 6. The van der Waals surface area contributed by atoms with Gasteiger partial charge in [0.2, 0.25) is 5.91 Å². The topological polar surface area (TPSA) is 80.3 Å². The highest BCUT2D eigenvalue weighted by Crippen LogP contribution is 2.24. The van der Waals surface area contributed by atoms with Crippen molar-refractivity contribution in [3.8, 4) is 11.5 Å². The number of amides is 2. The number of nitrogens with one attached hydrogen (secondary N) is 1. The molecule has 8 nitrogen and oxygen atoms in total. The molecule has 212 valence electrons. The quantitative estimate of drug-likeness (QED) is 0.339. The summed E-state index contributed by atoms with van der Waals surface area (Å²) in [6.07, 6.45) is 0.359. The van der Waals surface area contributed by atoms with Crippen LogP contribution in [0.5, 0.6) is 11.5 Å². The van der Waals surface area contributed by atoms with E-state index in [-0.39, 0.29) is 25.0 Å². The molecule has 9 heteroatoms. The highest BCUT2D eigenvalue weighted by molar-refractivity contribution is 6.32. The number of morpholine rings is 1. The summed E-state index contributed by atoms with van der Waals surface area (Å²) in [5.41, 5.74) is 1.82. The second-order valence-electron chi connectivity index (χ2n) is 9.54. The molecular weight excluding hydrogens is 530 g/mol. The van der Waals surface area contributed by atoms with Crippen LogP contribution in [0, 0.1) is 0 Å². The minimum Gasteiger partial charge on any atom is -0.497 e. The largest absolute Gasteiger partial charge is 0.497 e. The molecule has 3 aromatic rings. The van der Waals surface area contributed by atoms with E-state index in [0.29, 0.717) is 42.7 Å². The third-order valence-corrected chi connectivity index (χ3v) is 7.11. The minimum absolute atomic E-state index is 0.211. The van der Waals surface area contributed by atoms with E-state index >= 15 is 0 Å². The van der Waals surface area contributed by atoms with Gasteiger partial charge >= 0.3 is 0 Å². The number of ether oxygens (including phenoxy) is 3. The molecule has 1 heterocycles. The molecule has 0 unspecified atom stereocenters. The molecule has 1 atom stereocenters. The van der Waals surface area contributed by atoms with Crippen molar-refractivity contribution in [2.45, 2.75) is 19.0 Å². The van der Waals surface area contributed by atoms with Gasteiger partial charge in [0.1, 0.15) is 17.5 Å². The Kier molecular flexibility index (Phi) is 11.2. The van der Waals surface area contributed by atoms with Crippen molar-refractivity contribution in [2.75, 3.05) is 53.1 Å². The Morgan fingerprint density at radius 2 is 1.68 bits per heavy atom. The maximum absolute atomic E-state index is 13.7. The Balaban J connectivity index is 1.55. The Hall–Kier alpha value is -3.59. The van der Waals surface area contributed by atoms with Crippen LogP contribution in [0.2, 0.25) is 5.02 Å². The van der Waals surface area contributed by atoms with Crippen molar-refractivity contribution < 1.29 is 23.8 Å². The first-order chi connectivity index (χ1) is 19.5. The summed E-state index contributed by atoms with van der Waals surface area (Å²) in [4.78, 5) is 31.3. The van der Waals surface area contributed by atoms with E-state index in [4.69, 9.17) is 25.8 Å². The first-order valence-electron chi connectivity index (χ1n) is 13.4. The molecule has 0 bridgehead atoms. The van der Waals surface area contributed by atoms with E-state index in [9.17, 15) is 9.59 Å². The van der Waals surface area contributed by atoms with E-state index in [2.05, 4.69) is 10.2 Å². The van der Waals surface area contributed by atoms with E-state index in [1.807, 2.05) is 54.6 Å². The summed E-state index contributed by atoms with van der Waals surface area (Å²) in [6.45, 7) is 4.23. The van der Waals surface area contributed by atoms with Gasteiger partial charge in [0.15, 0.2) is 6.61 Å². The number of para-hydroxylation sites is 1. The molecule has 0 spiro atoms. The third kappa shape index (κ3) is 8.71. The Morgan fingerprint density at radius 3 is 2.38 bits per heavy atom. The maximum Gasteiger partial charge on any atom is 0.261 e. The number of nitrogens with zero attached hydrogens (tertiary/aromatic N) is 2. The molecule has 3 aromatic carbocycles. The van der Waals surface area contributed by atoms with Gasteiger partial charge in [-0.1, -0.05) is 66.2 Å². The van der Waals surface area contributed by atoms with Gasteiger partial charge in [-0.2, -0.15) is 0 Å².